The molecule has 0 unspecified atom stereocenters. The molecule has 0 atom stereocenters. The number of rotatable bonds is 3. The molecule has 0 aliphatic carbocycles. The fourth-order valence-corrected chi connectivity index (χ4v) is 0.419. The zero-order chi connectivity index (χ0) is 7.98. The summed E-state index contributed by atoms with van der Waals surface area (Å²) in [6.45, 7) is 4.70. The van der Waals surface area contributed by atoms with E-state index in [9.17, 15) is 8.78 Å². The minimum atomic E-state index is -0.975. The van der Waals surface area contributed by atoms with Crippen molar-refractivity contribution in [3.8, 4) is 0 Å². The van der Waals surface area contributed by atoms with Crippen molar-refractivity contribution >= 4 is 6.72 Å². The van der Waals surface area contributed by atoms with Crippen LogP contribution in [0.2, 0.25) is 0 Å². The first-order valence-electron chi connectivity index (χ1n) is 2.90. The molecule has 0 saturated heterocycles. The highest BCUT2D eigenvalue weighted by Crippen LogP contribution is 2.12. The quantitative estimate of drug-likeness (QED) is 0.427. The summed E-state index contributed by atoms with van der Waals surface area (Å²) < 4.78 is 24.6. The van der Waals surface area contributed by atoms with Crippen LogP contribution in [0.25, 0.3) is 0 Å². The average molecular weight is 145 g/mol. The van der Waals surface area contributed by atoms with Gasteiger partial charge in [0.05, 0.1) is 6.20 Å². The highest BCUT2D eigenvalue weighted by atomic mass is 19.2. The van der Waals surface area contributed by atoms with Crippen LogP contribution in [0.4, 0.5) is 8.78 Å². The maximum atomic E-state index is 12.3. The van der Waals surface area contributed by atoms with Crippen LogP contribution in [-0.2, 0) is 0 Å². The topological polar surface area (TPSA) is 12.4 Å². The minimum Gasteiger partial charge on any atom is -0.269 e. The number of hydrogen-bond donors (Lipinski definition) is 0. The van der Waals surface area contributed by atoms with E-state index >= 15 is 0 Å². The monoisotopic (exact) mass is 145 g/mol. The number of halogens is 2. The van der Waals surface area contributed by atoms with Crippen molar-refractivity contribution in [2.45, 2.75) is 13.3 Å². The molecule has 56 valence electrons. The molecule has 0 saturated carbocycles. The summed E-state index contributed by atoms with van der Waals surface area (Å²) >= 11 is 0. The Morgan fingerprint density at radius 1 is 1.50 bits per heavy atom. The molecule has 0 aromatic heterocycles. The summed E-state index contributed by atoms with van der Waals surface area (Å²) in [4.78, 5) is 3.07. The van der Waals surface area contributed by atoms with Crippen molar-refractivity contribution in [1.29, 1.82) is 0 Å². The molecule has 1 nitrogen and oxygen atoms in total. The molecular formula is C7H9F2N. The average Bonchev–Trinajstić information content (AvgIpc) is 1.89. The lowest BCUT2D eigenvalue weighted by Crippen LogP contribution is -1.73. The van der Waals surface area contributed by atoms with Crippen molar-refractivity contribution in [1.82, 2.24) is 0 Å². The first-order chi connectivity index (χ1) is 4.72. The largest absolute Gasteiger partial charge is 0.269 e. The number of allylic oxidation sites excluding steroid dienone is 3. The van der Waals surface area contributed by atoms with Crippen LogP contribution in [0, 0.1) is 0 Å². The van der Waals surface area contributed by atoms with E-state index in [0.717, 1.165) is 12.3 Å². The van der Waals surface area contributed by atoms with Gasteiger partial charge in [-0.1, -0.05) is 6.92 Å². The highest BCUT2D eigenvalue weighted by molar-refractivity contribution is 5.28. The van der Waals surface area contributed by atoms with E-state index in [1.165, 1.54) is 0 Å². The van der Waals surface area contributed by atoms with Gasteiger partial charge in [0.2, 0.25) is 0 Å². The second-order valence-corrected chi connectivity index (χ2v) is 1.62. The van der Waals surface area contributed by atoms with E-state index < -0.39 is 11.7 Å². The molecule has 0 N–H and O–H groups in total. The van der Waals surface area contributed by atoms with Crippen LogP contribution < -0.4 is 0 Å². The second-order valence-electron chi connectivity index (χ2n) is 1.62. The van der Waals surface area contributed by atoms with Crippen LogP contribution in [0.15, 0.2) is 28.9 Å². The van der Waals surface area contributed by atoms with Gasteiger partial charge in [0.25, 0.3) is 0 Å². The SMILES string of the molecule is C=N/C=C(F)\C(F)=C/CC. The summed E-state index contributed by atoms with van der Waals surface area (Å²) in [6.07, 6.45) is 2.34. The van der Waals surface area contributed by atoms with Gasteiger partial charge in [0, 0.05) is 0 Å². The van der Waals surface area contributed by atoms with Crippen LogP contribution >= 0.6 is 0 Å². The normalized spacial score (nSPS) is 13.5. The molecule has 0 bridgehead atoms. The molecule has 0 spiro atoms. The lowest BCUT2D eigenvalue weighted by atomic mass is 10.4. The maximum Gasteiger partial charge on any atom is 0.176 e. The smallest absolute Gasteiger partial charge is 0.176 e. The third-order valence-corrected chi connectivity index (χ3v) is 0.816. The molecule has 0 heterocycles. The predicted octanol–water partition coefficient (Wildman–Crippen LogP) is 2.76. The first-order valence-corrected chi connectivity index (χ1v) is 2.90. The predicted molar refractivity (Wildman–Crippen MR) is 38.2 cm³/mol. The third kappa shape index (κ3) is 3.12. The van der Waals surface area contributed by atoms with Crippen LogP contribution in [0.3, 0.4) is 0 Å². The van der Waals surface area contributed by atoms with E-state index in [-0.39, 0.29) is 0 Å². The van der Waals surface area contributed by atoms with Gasteiger partial charge in [0.15, 0.2) is 11.7 Å². The molecule has 10 heavy (non-hydrogen) atoms. The standard InChI is InChI=1S/C7H9F2N/c1-3-4-6(8)7(9)5-10-2/h4-5H,2-3H2,1H3/b6-4+,7-5+. The van der Waals surface area contributed by atoms with Gasteiger partial charge in [-0.15, -0.1) is 0 Å². The Kier molecular flexibility index (Phi) is 4.37. The molecule has 0 aliphatic heterocycles. The Bertz CT molecular complexity index is 170. The van der Waals surface area contributed by atoms with E-state index in [1.54, 1.807) is 6.92 Å². The van der Waals surface area contributed by atoms with Crippen molar-refractivity contribution in [3.05, 3.63) is 23.9 Å². The van der Waals surface area contributed by atoms with E-state index in [4.69, 9.17) is 0 Å². The highest BCUT2D eigenvalue weighted by Gasteiger charge is 1.99. The third-order valence-electron chi connectivity index (χ3n) is 0.816. The summed E-state index contributed by atoms with van der Waals surface area (Å²) in [5.74, 6) is -1.85. The van der Waals surface area contributed by atoms with Crippen LogP contribution in [0.5, 0.6) is 0 Å². The van der Waals surface area contributed by atoms with Crippen molar-refractivity contribution in [2.75, 3.05) is 0 Å². The van der Waals surface area contributed by atoms with Gasteiger partial charge in [0.1, 0.15) is 0 Å². The van der Waals surface area contributed by atoms with Gasteiger partial charge >= 0.3 is 0 Å². The number of aliphatic imine (C=N–C) groups is 1. The molecule has 0 aromatic rings. The number of nitrogens with zero attached hydrogens (tertiary/aromatic N) is 1. The van der Waals surface area contributed by atoms with E-state index in [2.05, 4.69) is 11.7 Å². The molecule has 3 heteroatoms. The fourth-order valence-electron chi connectivity index (χ4n) is 0.419. The van der Waals surface area contributed by atoms with E-state index in [1.807, 2.05) is 0 Å². The summed E-state index contributed by atoms with van der Waals surface area (Å²) in [5.41, 5.74) is 0. The molecule has 0 aliphatic rings. The Labute approximate surface area is 58.8 Å². The van der Waals surface area contributed by atoms with Crippen molar-refractivity contribution in [3.63, 3.8) is 0 Å². The molecule has 0 radical (unpaired) electrons. The van der Waals surface area contributed by atoms with Gasteiger partial charge in [-0.25, -0.2) is 8.78 Å². The Hall–Kier alpha value is -0.990. The van der Waals surface area contributed by atoms with E-state index in [0.29, 0.717) is 6.42 Å². The van der Waals surface area contributed by atoms with Crippen LogP contribution in [0.1, 0.15) is 13.3 Å². The zero-order valence-electron chi connectivity index (χ0n) is 5.77. The minimum absolute atomic E-state index is 0.463. The lowest BCUT2D eigenvalue weighted by molar-refractivity contribution is 0.540. The summed E-state index contributed by atoms with van der Waals surface area (Å²) in [5, 5.41) is 0. The van der Waals surface area contributed by atoms with Gasteiger partial charge < -0.3 is 0 Å². The Morgan fingerprint density at radius 2 is 2.10 bits per heavy atom. The van der Waals surface area contributed by atoms with Gasteiger partial charge in [-0.05, 0) is 19.2 Å². The Balaban J connectivity index is 4.19. The Morgan fingerprint density at radius 3 is 2.50 bits per heavy atom. The second kappa shape index (κ2) is 4.85. The van der Waals surface area contributed by atoms with Crippen LogP contribution in [-0.4, -0.2) is 6.72 Å². The fraction of sp³-hybridized carbons (Fsp3) is 0.286. The lowest BCUT2D eigenvalue weighted by Gasteiger charge is -1.88. The molecule has 0 amide bonds. The molecule has 0 rings (SSSR count). The molecular weight excluding hydrogens is 136 g/mol. The summed E-state index contributed by atoms with van der Waals surface area (Å²) in [6, 6.07) is 0. The van der Waals surface area contributed by atoms with Gasteiger partial charge in [-0.2, -0.15) is 0 Å². The maximum absolute atomic E-state index is 12.3. The first kappa shape index (κ1) is 9.01. The number of hydrogen-bond acceptors (Lipinski definition) is 1. The van der Waals surface area contributed by atoms with Crippen molar-refractivity contribution in [2.24, 2.45) is 4.99 Å². The summed E-state index contributed by atoms with van der Waals surface area (Å²) in [7, 11) is 0. The van der Waals surface area contributed by atoms with Gasteiger partial charge in [-0.3, -0.25) is 4.99 Å². The molecule has 0 aromatic carbocycles. The molecule has 0 fully saturated rings. The zero-order valence-corrected chi connectivity index (χ0v) is 5.77. The van der Waals surface area contributed by atoms with Crippen molar-refractivity contribution < 1.29 is 8.78 Å².